The van der Waals surface area contributed by atoms with Gasteiger partial charge in [0.2, 0.25) is 0 Å². The molecule has 5 heteroatoms. The summed E-state index contributed by atoms with van der Waals surface area (Å²) < 4.78 is 0.799. The molecule has 0 aliphatic rings. The zero-order chi connectivity index (χ0) is 14.8. The third-order valence-corrected chi connectivity index (χ3v) is 3.69. The van der Waals surface area contributed by atoms with Gasteiger partial charge in [-0.25, -0.2) is 9.97 Å². The molecule has 0 fully saturated rings. The molecule has 2 heterocycles. The van der Waals surface area contributed by atoms with E-state index in [1.165, 1.54) is 5.69 Å². The van der Waals surface area contributed by atoms with Gasteiger partial charge in [0.05, 0.1) is 5.69 Å². The number of hydrogen-bond acceptors (Lipinski definition) is 3. The van der Waals surface area contributed by atoms with Crippen LogP contribution in [0.4, 0.5) is 5.69 Å². The molecular weight excluding hydrogens is 328 g/mol. The number of rotatable bonds is 3. The molecule has 0 aliphatic carbocycles. The summed E-state index contributed by atoms with van der Waals surface area (Å²) in [4.78, 5) is 14.1. The number of nitrogens with one attached hydrogen (secondary N) is 1. The first-order valence-corrected chi connectivity index (χ1v) is 7.38. The zero-order valence-electron chi connectivity index (χ0n) is 11.8. The Hall–Kier alpha value is -2.14. The lowest BCUT2D eigenvalue weighted by atomic mass is 10.1. The van der Waals surface area contributed by atoms with E-state index >= 15 is 0 Å². The Balaban J connectivity index is 1.91. The van der Waals surface area contributed by atoms with Crippen LogP contribution in [0.3, 0.4) is 0 Å². The quantitative estimate of drug-likeness (QED) is 0.732. The van der Waals surface area contributed by atoms with Gasteiger partial charge in [-0.3, -0.25) is 0 Å². The minimum absolute atomic E-state index is 0.799. The lowest BCUT2D eigenvalue weighted by Crippen LogP contribution is -2.07. The Kier molecular flexibility index (Phi) is 3.75. The molecule has 1 aromatic carbocycles. The lowest BCUT2D eigenvalue weighted by Gasteiger charge is -2.12. The second-order valence-corrected chi connectivity index (χ2v) is 5.76. The fourth-order valence-electron chi connectivity index (χ4n) is 2.10. The third-order valence-electron chi connectivity index (χ3n) is 3.26. The number of aromatic amines is 1. The second kappa shape index (κ2) is 5.69. The predicted octanol–water partition coefficient (Wildman–Crippen LogP) is 3.97. The molecule has 0 saturated heterocycles. The van der Waals surface area contributed by atoms with Crippen LogP contribution in [0.2, 0.25) is 0 Å². The smallest absolute Gasteiger partial charge is 0.138 e. The van der Waals surface area contributed by atoms with Crippen LogP contribution in [-0.4, -0.2) is 29.0 Å². The van der Waals surface area contributed by atoms with Crippen LogP contribution in [0.5, 0.6) is 0 Å². The Morgan fingerprint density at radius 2 is 1.81 bits per heavy atom. The summed E-state index contributed by atoms with van der Waals surface area (Å²) in [7, 11) is 4.06. The minimum atomic E-state index is 0.799. The highest BCUT2D eigenvalue weighted by Gasteiger charge is 2.07. The molecule has 0 amide bonds. The maximum absolute atomic E-state index is 4.65. The van der Waals surface area contributed by atoms with Crippen LogP contribution in [0.1, 0.15) is 0 Å². The third kappa shape index (κ3) is 2.97. The van der Waals surface area contributed by atoms with Gasteiger partial charge in [0.15, 0.2) is 0 Å². The zero-order valence-corrected chi connectivity index (χ0v) is 13.4. The van der Waals surface area contributed by atoms with Crippen molar-refractivity contribution in [2.24, 2.45) is 0 Å². The van der Waals surface area contributed by atoms with Crippen molar-refractivity contribution in [3.05, 3.63) is 53.4 Å². The number of nitrogens with zero attached hydrogens (tertiary/aromatic N) is 3. The van der Waals surface area contributed by atoms with Gasteiger partial charge in [-0.15, -0.1) is 0 Å². The molecule has 0 aliphatic heterocycles. The van der Waals surface area contributed by atoms with Crippen molar-refractivity contribution >= 4 is 21.6 Å². The fourth-order valence-corrected chi connectivity index (χ4v) is 2.46. The van der Waals surface area contributed by atoms with E-state index in [1.54, 1.807) is 6.20 Å². The fraction of sp³-hybridized carbons (Fsp3) is 0.125. The van der Waals surface area contributed by atoms with Crippen LogP contribution in [0.25, 0.3) is 22.6 Å². The van der Waals surface area contributed by atoms with Gasteiger partial charge in [-0.1, -0.05) is 12.1 Å². The molecule has 0 spiro atoms. The molecule has 3 aromatic rings. The van der Waals surface area contributed by atoms with Crippen molar-refractivity contribution in [3.8, 4) is 22.6 Å². The molecule has 1 N–H and O–H groups in total. The number of H-pyrrole nitrogens is 1. The van der Waals surface area contributed by atoms with E-state index in [4.69, 9.17) is 0 Å². The number of pyridine rings is 1. The minimum Gasteiger partial charge on any atom is -0.378 e. The number of hydrogen-bond donors (Lipinski definition) is 1. The van der Waals surface area contributed by atoms with Crippen molar-refractivity contribution in [1.82, 2.24) is 15.0 Å². The highest BCUT2D eigenvalue weighted by atomic mass is 79.9. The Morgan fingerprint density at radius 3 is 2.48 bits per heavy atom. The van der Waals surface area contributed by atoms with E-state index in [-0.39, 0.29) is 0 Å². The molecule has 2 aromatic heterocycles. The second-order valence-electron chi connectivity index (χ2n) is 4.94. The van der Waals surface area contributed by atoms with Crippen molar-refractivity contribution in [2.45, 2.75) is 0 Å². The molecule has 0 saturated carbocycles. The van der Waals surface area contributed by atoms with E-state index in [1.807, 2.05) is 32.4 Å². The molecule has 0 unspecified atom stereocenters. The van der Waals surface area contributed by atoms with Crippen LogP contribution in [0.15, 0.2) is 53.4 Å². The number of imidazole rings is 1. The highest BCUT2D eigenvalue weighted by Crippen LogP contribution is 2.24. The first-order valence-electron chi connectivity index (χ1n) is 6.58. The van der Waals surface area contributed by atoms with E-state index in [0.717, 1.165) is 27.2 Å². The van der Waals surface area contributed by atoms with Gasteiger partial charge in [0.1, 0.15) is 10.4 Å². The highest BCUT2D eigenvalue weighted by molar-refractivity contribution is 9.10. The molecular formula is C16H15BrN4. The van der Waals surface area contributed by atoms with E-state index in [9.17, 15) is 0 Å². The summed E-state index contributed by atoms with van der Waals surface area (Å²) in [5, 5.41) is 0. The average molecular weight is 343 g/mol. The van der Waals surface area contributed by atoms with Gasteiger partial charge < -0.3 is 9.88 Å². The van der Waals surface area contributed by atoms with E-state index < -0.39 is 0 Å². The molecule has 21 heavy (non-hydrogen) atoms. The number of halogens is 1. The summed E-state index contributed by atoms with van der Waals surface area (Å²) in [5.41, 5.74) is 4.21. The summed E-state index contributed by atoms with van der Waals surface area (Å²) in [6, 6.07) is 12.2. The summed E-state index contributed by atoms with van der Waals surface area (Å²) in [6.07, 6.45) is 3.68. The van der Waals surface area contributed by atoms with Gasteiger partial charge >= 0.3 is 0 Å². The van der Waals surface area contributed by atoms with Gasteiger partial charge in [0.25, 0.3) is 0 Å². The first kappa shape index (κ1) is 13.8. The van der Waals surface area contributed by atoms with E-state index in [0.29, 0.717) is 0 Å². The molecule has 3 rings (SSSR count). The molecule has 106 valence electrons. The first-order chi connectivity index (χ1) is 10.1. The molecule has 0 bridgehead atoms. The Bertz CT molecular complexity index is 747. The maximum atomic E-state index is 4.65. The molecule has 0 atom stereocenters. The van der Waals surface area contributed by atoms with Crippen molar-refractivity contribution in [1.29, 1.82) is 0 Å². The van der Waals surface area contributed by atoms with Crippen LogP contribution in [0, 0.1) is 0 Å². The number of anilines is 1. The van der Waals surface area contributed by atoms with Crippen molar-refractivity contribution < 1.29 is 0 Å². The number of benzene rings is 1. The monoisotopic (exact) mass is 342 g/mol. The maximum Gasteiger partial charge on any atom is 0.138 e. The number of aromatic nitrogens is 3. The molecule has 0 radical (unpaired) electrons. The summed E-state index contributed by atoms with van der Waals surface area (Å²) in [5.74, 6) is 0.838. The van der Waals surface area contributed by atoms with Gasteiger partial charge in [-0.05, 0) is 40.2 Å². The topological polar surface area (TPSA) is 44.8 Å². The Morgan fingerprint density at radius 1 is 1.05 bits per heavy atom. The largest absolute Gasteiger partial charge is 0.378 e. The molecule has 4 nitrogen and oxygen atoms in total. The van der Waals surface area contributed by atoms with Crippen molar-refractivity contribution in [2.75, 3.05) is 19.0 Å². The summed E-state index contributed by atoms with van der Waals surface area (Å²) in [6.45, 7) is 0. The Labute approximate surface area is 132 Å². The summed E-state index contributed by atoms with van der Waals surface area (Å²) >= 11 is 3.38. The van der Waals surface area contributed by atoms with E-state index in [2.05, 4.69) is 60.0 Å². The standard InChI is InChI=1S/C16H15BrN4/c1-21(2)13-5-3-11(4-6-13)14-10-19-16(20-14)12-7-8-18-15(17)9-12/h3-10H,1-2H3,(H,19,20). The SMILES string of the molecule is CN(C)c1ccc(-c2c[nH]c(-c3ccnc(Br)c3)n2)cc1. The van der Waals surface area contributed by atoms with Gasteiger partial charge in [0, 0.05) is 43.3 Å². The van der Waals surface area contributed by atoms with Crippen LogP contribution < -0.4 is 4.90 Å². The van der Waals surface area contributed by atoms with Crippen LogP contribution >= 0.6 is 15.9 Å². The average Bonchev–Trinajstić information content (AvgIpc) is 2.97. The van der Waals surface area contributed by atoms with Crippen LogP contribution in [-0.2, 0) is 0 Å². The van der Waals surface area contributed by atoms with Gasteiger partial charge in [-0.2, -0.15) is 0 Å². The predicted molar refractivity (Wildman–Crippen MR) is 89.3 cm³/mol. The lowest BCUT2D eigenvalue weighted by molar-refractivity contribution is 1.13. The normalized spacial score (nSPS) is 10.6. The van der Waals surface area contributed by atoms with Crippen molar-refractivity contribution in [3.63, 3.8) is 0 Å².